The molecule has 0 spiro atoms. The van der Waals surface area contributed by atoms with Crippen molar-refractivity contribution in [3.8, 4) is 0 Å². The third kappa shape index (κ3) is 4.25. The highest BCUT2D eigenvalue weighted by atomic mass is 16.5. The zero-order valence-electron chi connectivity index (χ0n) is 7.61. The second-order valence-corrected chi connectivity index (χ2v) is 2.40. The van der Waals surface area contributed by atoms with E-state index >= 15 is 0 Å². The second-order valence-electron chi connectivity index (χ2n) is 2.40. The molecule has 5 nitrogen and oxygen atoms in total. The minimum atomic E-state index is -0.727. The number of carbonyl (C=O) groups is 3. The molecule has 0 heterocycles. The Hall–Kier alpha value is -1.39. The van der Waals surface area contributed by atoms with Crippen molar-refractivity contribution in [1.29, 1.82) is 0 Å². The van der Waals surface area contributed by atoms with Crippen molar-refractivity contribution in [2.75, 3.05) is 14.2 Å². The molecule has 0 aromatic carbocycles. The van der Waals surface area contributed by atoms with Gasteiger partial charge in [0.2, 0.25) is 0 Å². The minimum absolute atomic E-state index is 0.0260. The molecule has 0 N–H and O–H groups in total. The lowest BCUT2D eigenvalue weighted by Gasteiger charge is -2.09. The Labute approximate surface area is 76.0 Å². The summed E-state index contributed by atoms with van der Waals surface area (Å²) in [5.41, 5.74) is 0. The van der Waals surface area contributed by atoms with Crippen LogP contribution < -0.4 is 0 Å². The first-order valence-corrected chi connectivity index (χ1v) is 3.74. The molecule has 13 heavy (non-hydrogen) atoms. The van der Waals surface area contributed by atoms with Gasteiger partial charge in [-0.3, -0.25) is 9.59 Å². The third-order valence-corrected chi connectivity index (χ3v) is 1.56. The topological polar surface area (TPSA) is 69.7 Å². The van der Waals surface area contributed by atoms with Crippen LogP contribution in [0.2, 0.25) is 0 Å². The maximum atomic E-state index is 11.0. The van der Waals surface area contributed by atoms with Crippen LogP contribution in [-0.2, 0) is 23.9 Å². The number of ether oxygens (including phenoxy) is 2. The lowest BCUT2D eigenvalue weighted by molar-refractivity contribution is -0.152. The lowest BCUT2D eigenvalue weighted by atomic mass is 10.0. The number of esters is 2. The van der Waals surface area contributed by atoms with Crippen molar-refractivity contribution < 1.29 is 23.9 Å². The predicted molar refractivity (Wildman–Crippen MR) is 42.8 cm³/mol. The van der Waals surface area contributed by atoms with E-state index in [1.807, 2.05) is 0 Å². The zero-order valence-corrected chi connectivity index (χ0v) is 7.61. The van der Waals surface area contributed by atoms with Crippen molar-refractivity contribution in [1.82, 2.24) is 0 Å². The highest BCUT2D eigenvalue weighted by Gasteiger charge is 2.22. The van der Waals surface area contributed by atoms with Gasteiger partial charge < -0.3 is 14.3 Å². The molecular formula is C8H12O5. The molecular weight excluding hydrogens is 176 g/mol. The molecule has 0 saturated carbocycles. The number of hydrogen-bond donors (Lipinski definition) is 0. The molecule has 1 atom stereocenters. The highest BCUT2D eigenvalue weighted by Crippen LogP contribution is 2.09. The molecule has 0 amide bonds. The van der Waals surface area contributed by atoms with Gasteiger partial charge in [-0.25, -0.2) is 0 Å². The fraction of sp³-hybridized carbons (Fsp3) is 0.625. The average molecular weight is 188 g/mol. The monoisotopic (exact) mass is 188 g/mol. The van der Waals surface area contributed by atoms with Crippen LogP contribution in [0.15, 0.2) is 0 Å². The van der Waals surface area contributed by atoms with Crippen LogP contribution in [-0.4, -0.2) is 32.4 Å². The number of rotatable bonds is 5. The van der Waals surface area contributed by atoms with Gasteiger partial charge >= 0.3 is 11.9 Å². The third-order valence-electron chi connectivity index (χ3n) is 1.56. The van der Waals surface area contributed by atoms with Gasteiger partial charge in [-0.1, -0.05) is 0 Å². The lowest BCUT2D eigenvalue weighted by Crippen LogP contribution is -2.20. The summed E-state index contributed by atoms with van der Waals surface area (Å²) in [6, 6.07) is 0. The Morgan fingerprint density at radius 1 is 1.31 bits per heavy atom. The van der Waals surface area contributed by atoms with Crippen LogP contribution in [0.1, 0.15) is 12.8 Å². The van der Waals surface area contributed by atoms with Crippen molar-refractivity contribution in [2.24, 2.45) is 5.92 Å². The van der Waals surface area contributed by atoms with Crippen molar-refractivity contribution in [3.05, 3.63) is 0 Å². The first-order chi connectivity index (χ1) is 6.15. The molecule has 0 rings (SSSR count). The number of aldehydes is 1. The summed E-state index contributed by atoms with van der Waals surface area (Å²) in [7, 11) is 2.43. The predicted octanol–water partition coefficient (Wildman–Crippen LogP) is -0.0723. The van der Waals surface area contributed by atoms with Gasteiger partial charge in [0.25, 0.3) is 0 Å². The summed E-state index contributed by atoms with van der Waals surface area (Å²) < 4.78 is 8.76. The Balaban J connectivity index is 4.16. The van der Waals surface area contributed by atoms with E-state index in [0.717, 1.165) is 0 Å². The molecule has 0 aliphatic rings. The van der Waals surface area contributed by atoms with Gasteiger partial charge in [0, 0.05) is 6.42 Å². The standard InChI is InChI=1S/C8H12O5/c1-12-7(10)5-6(3-4-9)8(11)13-2/h4,6H,3,5H2,1-2H3. The van der Waals surface area contributed by atoms with E-state index < -0.39 is 17.9 Å². The van der Waals surface area contributed by atoms with E-state index in [1.165, 1.54) is 14.2 Å². The van der Waals surface area contributed by atoms with Crippen molar-refractivity contribution >= 4 is 18.2 Å². The first kappa shape index (κ1) is 11.6. The van der Waals surface area contributed by atoms with E-state index in [9.17, 15) is 14.4 Å². The van der Waals surface area contributed by atoms with Crippen LogP contribution in [0.25, 0.3) is 0 Å². The molecule has 0 aromatic heterocycles. The summed E-state index contributed by atoms with van der Waals surface area (Å²) in [6.45, 7) is 0. The molecule has 0 radical (unpaired) electrons. The van der Waals surface area contributed by atoms with E-state index in [1.54, 1.807) is 0 Å². The van der Waals surface area contributed by atoms with E-state index in [-0.39, 0.29) is 12.8 Å². The van der Waals surface area contributed by atoms with Crippen LogP contribution in [0.5, 0.6) is 0 Å². The fourth-order valence-corrected chi connectivity index (χ4v) is 0.830. The number of hydrogen-bond acceptors (Lipinski definition) is 5. The zero-order chi connectivity index (χ0) is 10.3. The number of carbonyl (C=O) groups excluding carboxylic acids is 3. The summed E-state index contributed by atoms with van der Waals surface area (Å²) in [6.07, 6.45) is 0.425. The van der Waals surface area contributed by atoms with E-state index in [2.05, 4.69) is 9.47 Å². The largest absolute Gasteiger partial charge is 0.469 e. The van der Waals surface area contributed by atoms with Gasteiger partial charge in [0.05, 0.1) is 26.6 Å². The molecule has 74 valence electrons. The minimum Gasteiger partial charge on any atom is -0.469 e. The SMILES string of the molecule is COC(=O)CC(CC=O)C(=O)OC. The Bertz CT molecular complexity index is 199. The molecule has 0 bridgehead atoms. The summed E-state index contributed by atoms with van der Waals surface area (Å²) >= 11 is 0. The summed E-state index contributed by atoms with van der Waals surface area (Å²) in [5.74, 6) is -1.83. The number of methoxy groups -OCH3 is 2. The van der Waals surface area contributed by atoms with Crippen molar-refractivity contribution in [3.63, 3.8) is 0 Å². The molecule has 5 heteroatoms. The normalized spacial score (nSPS) is 11.5. The van der Waals surface area contributed by atoms with E-state index in [4.69, 9.17) is 0 Å². The van der Waals surface area contributed by atoms with Crippen LogP contribution in [0.4, 0.5) is 0 Å². The molecule has 0 aliphatic carbocycles. The molecule has 0 aliphatic heterocycles. The molecule has 0 aromatic rings. The molecule has 0 fully saturated rings. The van der Waals surface area contributed by atoms with Crippen LogP contribution >= 0.6 is 0 Å². The smallest absolute Gasteiger partial charge is 0.309 e. The maximum Gasteiger partial charge on any atom is 0.309 e. The Morgan fingerprint density at radius 2 is 1.92 bits per heavy atom. The van der Waals surface area contributed by atoms with Gasteiger partial charge in [0.1, 0.15) is 6.29 Å². The van der Waals surface area contributed by atoms with Gasteiger partial charge in [-0.15, -0.1) is 0 Å². The highest BCUT2D eigenvalue weighted by molar-refractivity contribution is 5.81. The molecule has 0 saturated heterocycles. The van der Waals surface area contributed by atoms with Gasteiger partial charge in [-0.2, -0.15) is 0 Å². The Morgan fingerprint density at radius 3 is 2.31 bits per heavy atom. The fourth-order valence-electron chi connectivity index (χ4n) is 0.830. The average Bonchev–Trinajstić information content (AvgIpc) is 2.15. The first-order valence-electron chi connectivity index (χ1n) is 3.74. The van der Waals surface area contributed by atoms with Gasteiger partial charge in [-0.05, 0) is 0 Å². The quantitative estimate of drug-likeness (QED) is 0.446. The van der Waals surface area contributed by atoms with Crippen LogP contribution in [0, 0.1) is 5.92 Å². The summed E-state index contributed by atoms with van der Waals surface area (Å²) in [5, 5.41) is 0. The van der Waals surface area contributed by atoms with Gasteiger partial charge in [0.15, 0.2) is 0 Å². The second kappa shape index (κ2) is 6.16. The van der Waals surface area contributed by atoms with E-state index in [0.29, 0.717) is 6.29 Å². The Kier molecular flexibility index (Phi) is 5.50. The maximum absolute atomic E-state index is 11.0. The molecule has 1 unspecified atom stereocenters. The summed E-state index contributed by atoms with van der Waals surface area (Å²) in [4.78, 5) is 31.9. The van der Waals surface area contributed by atoms with Crippen LogP contribution in [0.3, 0.4) is 0 Å². The van der Waals surface area contributed by atoms with Crippen molar-refractivity contribution in [2.45, 2.75) is 12.8 Å².